The highest BCUT2D eigenvalue weighted by atomic mass is 16.5. The number of pyridine rings is 1. The number of nitrogens with zero attached hydrogens (tertiary/aromatic N) is 1. The van der Waals surface area contributed by atoms with Gasteiger partial charge in [0.25, 0.3) is 0 Å². The molecule has 140 valence electrons. The summed E-state index contributed by atoms with van der Waals surface area (Å²) in [5.41, 5.74) is 4.06. The fourth-order valence-electron chi connectivity index (χ4n) is 3.00. The molecule has 0 saturated heterocycles. The van der Waals surface area contributed by atoms with Crippen molar-refractivity contribution < 1.29 is 14.2 Å². The van der Waals surface area contributed by atoms with Gasteiger partial charge in [0.15, 0.2) is 11.5 Å². The van der Waals surface area contributed by atoms with Gasteiger partial charge in [0.05, 0.1) is 27.0 Å². The van der Waals surface area contributed by atoms with Crippen molar-refractivity contribution in [2.24, 2.45) is 0 Å². The molecule has 0 aliphatic carbocycles. The minimum absolute atomic E-state index is 0.170. The number of aromatic nitrogens is 1. The van der Waals surface area contributed by atoms with E-state index in [1.807, 2.05) is 42.7 Å². The molecule has 0 radical (unpaired) electrons. The van der Waals surface area contributed by atoms with Crippen LogP contribution in [0.2, 0.25) is 0 Å². The van der Waals surface area contributed by atoms with Gasteiger partial charge in [0.2, 0.25) is 5.75 Å². The van der Waals surface area contributed by atoms with Crippen LogP contribution in [-0.4, -0.2) is 26.3 Å². The molecule has 27 heavy (non-hydrogen) atoms. The number of rotatable bonds is 7. The van der Waals surface area contributed by atoms with Crippen LogP contribution in [0.15, 0.2) is 60.9 Å². The first kappa shape index (κ1) is 18.6. The lowest BCUT2D eigenvalue weighted by atomic mass is 10.0. The van der Waals surface area contributed by atoms with E-state index in [0.717, 1.165) is 16.8 Å². The van der Waals surface area contributed by atoms with Gasteiger partial charge in [-0.25, -0.2) is 0 Å². The number of hydrogen-bond acceptors (Lipinski definition) is 5. The minimum Gasteiger partial charge on any atom is -0.493 e. The van der Waals surface area contributed by atoms with Gasteiger partial charge in [-0.2, -0.15) is 0 Å². The van der Waals surface area contributed by atoms with Crippen LogP contribution in [0.25, 0.3) is 11.1 Å². The Bertz CT molecular complexity index is 872. The fourth-order valence-corrected chi connectivity index (χ4v) is 3.00. The van der Waals surface area contributed by atoms with Crippen LogP contribution >= 0.6 is 0 Å². The first-order chi connectivity index (χ1) is 13.2. The zero-order chi connectivity index (χ0) is 19.2. The van der Waals surface area contributed by atoms with Gasteiger partial charge in [-0.05, 0) is 36.2 Å². The summed E-state index contributed by atoms with van der Waals surface area (Å²) in [4.78, 5) is 4.39. The molecule has 0 aliphatic heterocycles. The number of anilines is 1. The zero-order valence-corrected chi connectivity index (χ0v) is 16.0. The van der Waals surface area contributed by atoms with Crippen molar-refractivity contribution in [2.75, 3.05) is 26.6 Å². The lowest BCUT2D eigenvalue weighted by molar-refractivity contribution is 0.324. The average molecular weight is 364 g/mol. The Morgan fingerprint density at radius 2 is 1.48 bits per heavy atom. The van der Waals surface area contributed by atoms with Gasteiger partial charge >= 0.3 is 0 Å². The molecule has 0 aliphatic rings. The van der Waals surface area contributed by atoms with E-state index in [2.05, 4.69) is 35.4 Å². The molecule has 1 atom stereocenters. The maximum Gasteiger partial charge on any atom is 0.203 e. The van der Waals surface area contributed by atoms with Crippen molar-refractivity contribution in [1.29, 1.82) is 0 Å². The third kappa shape index (κ3) is 4.14. The molecule has 3 rings (SSSR count). The summed E-state index contributed by atoms with van der Waals surface area (Å²) in [5.74, 6) is 1.80. The molecule has 5 nitrogen and oxygen atoms in total. The van der Waals surface area contributed by atoms with Crippen LogP contribution in [0, 0.1) is 0 Å². The third-order valence-electron chi connectivity index (χ3n) is 4.42. The van der Waals surface area contributed by atoms with E-state index in [0.29, 0.717) is 17.2 Å². The lowest BCUT2D eigenvalue weighted by Gasteiger charge is -2.17. The molecule has 1 aromatic heterocycles. The number of hydrogen-bond donors (Lipinski definition) is 1. The summed E-state index contributed by atoms with van der Waals surface area (Å²) in [6.07, 6.45) is 3.64. The molecule has 1 N–H and O–H groups in total. The van der Waals surface area contributed by atoms with Crippen LogP contribution in [0.3, 0.4) is 0 Å². The Labute approximate surface area is 159 Å². The first-order valence-corrected chi connectivity index (χ1v) is 8.73. The molecule has 1 unspecified atom stereocenters. The maximum atomic E-state index is 5.45. The van der Waals surface area contributed by atoms with E-state index in [-0.39, 0.29) is 6.04 Å². The van der Waals surface area contributed by atoms with E-state index in [1.165, 1.54) is 5.56 Å². The Balaban J connectivity index is 1.91. The van der Waals surface area contributed by atoms with E-state index in [9.17, 15) is 0 Å². The quantitative estimate of drug-likeness (QED) is 0.643. The van der Waals surface area contributed by atoms with Crippen molar-refractivity contribution in [2.45, 2.75) is 13.0 Å². The van der Waals surface area contributed by atoms with Crippen LogP contribution < -0.4 is 19.5 Å². The van der Waals surface area contributed by atoms with Crippen LogP contribution in [0.1, 0.15) is 18.5 Å². The van der Waals surface area contributed by atoms with Crippen molar-refractivity contribution in [3.8, 4) is 28.4 Å². The minimum atomic E-state index is 0.170. The Kier molecular flexibility index (Phi) is 5.81. The predicted octanol–water partition coefficient (Wildman–Crippen LogP) is 4.95. The second-order valence-corrected chi connectivity index (χ2v) is 6.15. The van der Waals surface area contributed by atoms with Crippen molar-refractivity contribution in [1.82, 2.24) is 4.98 Å². The molecule has 3 aromatic rings. The normalized spacial score (nSPS) is 11.6. The molecular formula is C22H24N2O3. The molecule has 0 saturated carbocycles. The second-order valence-electron chi connectivity index (χ2n) is 6.15. The highest BCUT2D eigenvalue weighted by molar-refractivity contribution is 5.72. The lowest BCUT2D eigenvalue weighted by Crippen LogP contribution is -2.06. The number of benzene rings is 2. The molecule has 0 spiro atoms. The summed E-state index contributed by atoms with van der Waals surface area (Å²) in [5, 5.41) is 3.50. The smallest absolute Gasteiger partial charge is 0.203 e. The summed E-state index contributed by atoms with van der Waals surface area (Å²) < 4.78 is 16.3. The third-order valence-corrected chi connectivity index (χ3v) is 4.42. The highest BCUT2D eigenvalue weighted by Crippen LogP contribution is 2.41. The fraction of sp³-hybridized carbons (Fsp3) is 0.227. The van der Waals surface area contributed by atoms with Crippen molar-refractivity contribution >= 4 is 5.69 Å². The largest absolute Gasteiger partial charge is 0.493 e. The Morgan fingerprint density at radius 3 is 2.07 bits per heavy atom. The molecule has 1 heterocycles. The molecule has 0 amide bonds. The van der Waals surface area contributed by atoms with Gasteiger partial charge in [-0.3, -0.25) is 4.98 Å². The zero-order valence-electron chi connectivity index (χ0n) is 16.0. The Morgan fingerprint density at radius 1 is 0.815 bits per heavy atom. The van der Waals surface area contributed by atoms with Crippen molar-refractivity contribution in [3.63, 3.8) is 0 Å². The molecule has 0 bridgehead atoms. The topological polar surface area (TPSA) is 52.6 Å². The monoisotopic (exact) mass is 364 g/mol. The Hall–Kier alpha value is -3.21. The van der Waals surface area contributed by atoms with Crippen LogP contribution in [0.4, 0.5) is 5.69 Å². The SMILES string of the molecule is COc1cc(-c2cncc(NC(C)c3ccccc3)c2)cc(OC)c1OC. The van der Waals surface area contributed by atoms with E-state index in [1.54, 1.807) is 21.3 Å². The number of ether oxygens (including phenoxy) is 3. The predicted molar refractivity (Wildman–Crippen MR) is 108 cm³/mol. The summed E-state index contributed by atoms with van der Waals surface area (Å²) in [6.45, 7) is 2.13. The van der Waals surface area contributed by atoms with Gasteiger partial charge in [-0.15, -0.1) is 0 Å². The van der Waals surface area contributed by atoms with E-state index < -0.39 is 0 Å². The summed E-state index contributed by atoms with van der Waals surface area (Å²) in [7, 11) is 4.81. The van der Waals surface area contributed by atoms with Gasteiger partial charge in [0.1, 0.15) is 0 Å². The van der Waals surface area contributed by atoms with E-state index >= 15 is 0 Å². The van der Waals surface area contributed by atoms with Crippen LogP contribution in [0.5, 0.6) is 17.2 Å². The van der Waals surface area contributed by atoms with Crippen LogP contribution in [-0.2, 0) is 0 Å². The van der Waals surface area contributed by atoms with Crippen molar-refractivity contribution in [3.05, 3.63) is 66.5 Å². The van der Waals surface area contributed by atoms with Gasteiger partial charge in [-0.1, -0.05) is 30.3 Å². The first-order valence-electron chi connectivity index (χ1n) is 8.73. The van der Waals surface area contributed by atoms with E-state index in [4.69, 9.17) is 14.2 Å². The number of nitrogens with one attached hydrogen (secondary N) is 1. The average Bonchev–Trinajstić information content (AvgIpc) is 2.73. The number of methoxy groups -OCH3 is 3. The maximum absolute atomic E-state index is 5.45. The summed E-state index contributed by atoms with van der Waals surface area (Å²) in [6, 6.07) is 16.4. The summed E-state index contributed by atoms with van der Waals surface area (Å²) >= 11 is 0. The van der Waals surface area contributed by atoms with Gasteiger partial charge in [0, 0.05) is 24.0 Å². The molecule has 0 fully saturated rings. The molecule has 5 heteroatoms. The standard InChI is InChI=1S/C22H24N2O3/c1-15(16-8-6-5-7-9-16)24-19-10-18(13-23-14-19)17-11-20(25-2)22(27-4)21(12-17)26-3/h5-15,24H,1-4H3. The molecule has 2 aromatic carbocycles. The molecular weight excluding hydrogens is 340 g/mol. The highest BCUT2D eigenvalue weighted by Gasteiger charge is 2.15. The second kappa shape index (κ2) is 8.45. The van der Waals surface area contributed by atoms with Gasteiger partial charge < -0.3 is 19.5 Å².